The molecule has 24 heavy (non-hydrogen) atoms. The maximum atomic E-state index is 12.5. The van der Waals surface area contributed by atoms with Crippen molar-refractivity contribution in [1.29, 1.82) is 0 Å². The zero-order valence-corrected chi connectivity index (χ0v) is 15.4. The van der Waals surface area contributed by atoms with Crippen LogP contribution < -0.4 is 10.1 Å². The number of ether oxygens (including phenoxy) is 1. The standard InChI is InChI=1S/C18H19BrN2O3/c1-12-4-6-13(7-5-12)20-17(22)11-21(2)18(23)15-10-14(24-3)8-9-16(15)19/h4-10H,11H2,1-3H3,(H,20,22). The first kappa shape index (κ1) is 18.0. The van der Waals surface area contributed by atoms with Gasteiger partial charge in [0.1, 0.15) is 5.75 Å². The number of hydrogen-bond donors (Lipinski definition) is 1. The Morgan fingerprint density at radius 3 is 2.46 bits per heavy atom. The van der Waals surface area contributed by atoms with Crippen molar-refractivity contribution < 1.29 is 14.3 Å². The van der Waals surface area contributed by atoms with Crippen LogP contribution in [0.15, 0.2) is 46.9 Å². The van der Waals surface area contributed by atoms with Gasteiger partial charge in [-0.15, -0.1) is 0 Å². The molecule has 2 aromatic rings. The van der Waals surface area contributed by atoms with Gasteiger partial charge in [-0.25, -0.2) is 0 Å². The van der Waals surface area contributed by atoms with Gasteiger partial charge in [0.05, 0.1) is 19.2 Å². The number of aryl methyl sites for hydroxylation is 1. The Morgan fingerprint density at radius 1 is 1.17 bits per heavy atom. The van der Waals surface area contributed by atoms with E-state index < -0.39 is 0 Å². The van der Waals surface area contributed by atoms with Gasteiger partial charge < -0.3 is 15.0 Å². The Balaban J connectivity index is 2.03. The van der Waals surface area contributed by atoms with E-state index in [-0.39, 0.29) is 18.4 Å². The molecular weight excluding hydrogens is 372 g/mol. The number of hydrogen-bond acceptors (Lipinski definition) is 3. The van der Waals surface area contributed by atoms with E-state index in [1.54, 1.807) is 25.2 Å². The molecule has 0 aromatic heterocycles. The molecule has 2 amide bonds. The highest BCUT2D eigenvalue weighted by molar-refractivity contribution is 9.10. The van der Waals surface area contributed by atoms with Gasteiger partial charge in [0.2, 0.25) is 5.91 Å². The average molecular weight is 391 g/mol. The molecule has 0 radical (unpaired) electrons. The number of anilines is 1. The second-order valence-corrected chi connectivity index (χ2v) is 6.28. The summed E-state index contributed by atoms with van der Waals surface area (Å²) in [4.78, 5) is 26.0. The molecule has 0 aliphatic rings. The summed E-state index contributed by atoms with van der Waals surface area (Å²) < 4.78 is 5.79. The van der Waals surface area contributed by atoms with Gasteiger partial charge in [-0.2, -0.15) is 0 Å². The number of halogens is 1. The van der Waals surface area contributed by atoms with Crippen LogP contribution in [0.25, 0.3) is 0 Å². The monoisotopic (exact) mass is 390 g/mol. The normalized spacial score (nSPS) is 10.2. The zero-order valence-electron chi connectivity index (χ0n) is 13.8. The highest BCUT2D eigenvalue weighted by Crippen LogP contribution is 2.23. The number of nitrogens with one attached hydrogen (secondary N) is 1. The number of rotatable bonds is 5. The predicted molar refractivity (Wildman–Crippen MR) is 97.5 cm³/mol. The SMILES string of the molecule is COc1ccc(Br)c(C(=O)N(C)CC(=O)Nc2ccc(C)cc2)c1. The minimum atomic E-state index is -0.264. The van der Waals surface area contributed by atoms with Crippen LogP contribution in [-0.4, -0.2) is 37.4 Å². The molecule has 0 fully saturated rings. The van der Waals surface area contributed by atoms with Crippen LogP contribution >= 0.6 is 15.9 Å². The Kier molecular flexibility index (Phi) is 5.98. The molecule has 0 atom stereocenters. The average Bonchev–Trinajstić information content (AvgIpc) is 2.56. The van der Waals surface area contributed by atoms with E-state index in [4.69, 9.17) is 4.74 Å². The third-order valence-electron chi connectivity index (χ3n) is 3.47. The Morgan fingerprint density at radius 2 is 1.83 bits per heavy atom. The minimum absolute atomic E-state index is 0.0453. The van der Waals surface area contributed by atoms with Gasteiger partial charge in [-0.05, 0) is 53.2 Å². The summed E-state index contributed by atoms with van der Waals surface area (Å²) in [6, 6.07) is 12.6. The fourth-order valence-corrected chi connectivity index (χ4v) is 2.54. The van der Waals surface area contributed by atoms with E-state index in [1.807, 2.05) is 31.2 Å². The number of carbonyl (C=O) groups is 2. The van der Waals surface area contributed by atoms with Crippen LogP contribution in [0.1, 0.15) is 15.9 Å². The first-order valence-electron chi connectivity index (χ1n) is 7.36. The van der Waals surface area contributed by atoms with Crippen molar-refractivity contribution in [3.8, 4) is 5.75 Å². The molecule has 126 valence electrons. The summed E-state index contributed by atoms with van der Waals surface area (Å²) in [5.74, 6) is 0.0626. The maximum absolute atomic E-state index is 12.5. The lowest BCUT2D eigenvalue weighted by molar-refractivity contribution is -0.116. The first-order valence-corrected chi connectivity index (χ1v) is 8.15. The van der Waals surface area contributed by atoms with E-state index in [0.717, 1.165) is 5.56 Å². The smallest absolute Gasteiger partial charge is 0.255 e. The number of amides is 2. The van der Waals surface area contributed by atoms with E-state index in [0.29, 0.717) is 21.5 Å². The van der Waals surface area contributed by atoms with Crippen LogP contribution in [0.3, 0.4) is 0 Å². The molecule has 5 nitrogen and oxygen atoms in total. The number of methoxy groups -OCH3 is 1. The molecule has 0 aliphatic carbocycles. The van der Waals surface area contributed by atoms with Crippen LogP contribution in [-0.2, 0) is 4.79 Å². The molecule has 2 aromatic carbocycles. The van der Waals surface area contributed by atoms with Gasteiger partial charge >= 0.3 is 0 Å². The van der Waals surface area contributed by atoms with Crippen molar-refractivity contribution in [1.82, 2.24) is 4.90 Å². The number of likely N-dealkylation sites (N-methyl/N-ethyl adjacent to an activating group) is 1. The largest absolute Gasteiger partial charge is 0.497 e. The predicted octanol–water partition coefficient (Wildman–Crippen LogP) is 3.48. The number of nitrogens with zero attached hydrogens (tertiary/aromatic N) is 1. The van der Waals surface area contributed by atoms with E-state index >= 15 is 0 Å². The highest BCUT2D eigenvalue weighted by Gasteiger charge is 2.18. The molecule has 6 heteroatoms. The molecule has 0 bridgehead atoms. The summed E-state index contributed by atoms with van der Waals surface area (Å²) >= 11 is 3.35. The van der Waals surface area contributed by atoms with Crippen LogP contribution in [0.4, 0.5) is 5.69 Å². The lowest BCUT2D eigenvalue weighted by Crippen LogP contribution is -2.35. The first-order chi connectivity index (χ1) is 11.4. The molecule has 0 saturated heterocycles. The van der Waals surface area contributed by atoms with Crippen LogP contribution in [0.5, 0.6) is 5.75 Å². The molecular formula is C18H19BrN2O3. The summed E-state index contributed by atoms with van der Waals surface area (Å²) in [5, 5.41) is 2.77. The molecule has 2 rings (SSSR count). The second kappa shape index (κ2) is 7.97. The highest BCUT2D eigenvalue weighted by atomic mass is 79.9. The molecule has 0 saturated carbocycles. The van der Waals surface area contributed by atoms with Gasteiger partial charge in [0.25, 0.3) is 5.91 Å². The maximum Gasteiger partial charge on any atom is 0.255 e. The third-order valence-corrected chi connectivity index (χ3v) is 4.16. The summed E-state index contributed by atoms with van der Waals surface area (Å²) in [7, 11) is 3.12. The fourth-order valence-electron chi connectivity index (χ4n) is 2.13. The molecule has 0 spiro atoms. The lowest BCUT2D eigenvalue weighted by Gasteiger charge is -2.18. The zero-order chi connectivity index (χ0) is 17.7. The van der Waals surface area contributed by atoms with E-state index in [9.17, 15) is 9.59 Å². The van der Waals surface area contributed by atoms with Crippen molar-refractivity contribution >= 4 is 33.4 Å². The van der Waals surface area contributed by atoms with Crippen molar-refractivity contribution in [2.24, 2.45) is 0 Å². The molecule has 1 N–H and O–H groups in total. The molecule has 0 unspecified atom stereocenters. The Hall–Kier alpha value is -2.34. The fraction of sp³-hybridized carbons (Fsp3) is 0.222. The van der Waals surface area contributed by atoms with Crippen molar-refractivity contribution in [2.45, 2.75) is 6.92 Å². The topological polar surface area (TPSA) is 58.6 Å². The van der Waals surface area contributed by atoms with Crippen molar-refractivity contribution in [3.63, 3.8) is 0 Å². The number of benzene rings is 2. The third kappa shape index (κ3) is 4.58. The second-order valence-electron chi connectivity index (χ2n) is 5.42. The quantitative estimate of drug-likeness (QED) is 0.849. The number of carbonyl (C=O) groups excluding carboxylic acids is 2. The summed E-state index contributed by atoms with van der Waals surface area (Å²) in [5.41, 5.74) is 2.26. The molecule has 0 aliphatic heterocycles. The Labute approximate surface area is 149 Å². The van der Waals surface area contributed by atoms with Crippen LogP contribution in [0.2, 0.25) is 0 Å². The van der Waals surface area contributed by atoms with Crippen molar-refractivity contribution in [3.05, 3.63) is 58.1 Å². The summed E-state index contributed by atoms with van der Waals surface area (Å²) in [6.07, 6.45) is 0. The lowest BCUT2D eigenvalue weighted by atomic mass is 10.2. The van der Waals surface area contributed by atoms with Gasteiger partial charge in [-0.3, -0.25) is 9.59 Å². The van der Waals surface area contributed by atoms with Gasteiger partial charge in [-0.1, -0.05) is 17.7 Å². The molecule has 0 heterocycles. The summed E-state index contributed by atoms with van der Waals surface area (Å²) in [6.45, 7) is 1.93. The van der Waals surface area contributed by atoms with Gasteiger partial charge in [0.15, 0.2) is 0 Å². The van der Waals surface area contributed by atoms with E-state index in [1.165, 1.54) is 12.0 Å². The van der Waals surface area contributed by atoms with Crippen molar-refractivity contribution in [2.75, 3.05) is 26.0 Å². The van der Waals surface area contributed by atoms with E-state index in [2.05, 4.69) is 21.2 Å². The van der Waals surface area contributed by atoms with Gasteiger partial charge in [0, 0.05) is 17.2 Å². The van der Waals surface area contributed by atoms with Crippen LogP contribution in [0, 0.1) is 6.92 Å². The Bertz CT molecular complexity index is 744. The minimum Gasteiger partial charge on any atom is -0.497 e.